The molecule has 1 heterocycles. The number of aryl methyl sites for hydroxylation is 3. The lowest BCUT2D eigenvalue weighted by Crippen LogP contribution is -2.35. The lowest BCUT2D eigenvalue weighted by molar-refractivity contribution is -0.121. The van der Waals surface area contributed by atoms with E-state index in [9.17, 15) is 9.59 Å². The molecule has 1 fully saturated rings. The number of ether oxygens (including phenoxy) is 1. The number of hydrogen-bond acceptors (Lipinski definition) is 4. The number of benzene rings is 2. The molecule has 0 spiro atoms. The fourth-order valence-corrected chi connectivity index (χ4v) is 3.39. The van der Waals surface area contributed by atoms with Crippen molar-refractivity contribution in [2.75, 3.05) is 17.3 Å². The molecule has 1 saturated heterocycles. The molecule has 1 atom stereocenters. The Labute approximate surface area is 147 Å². The molecule has 25 heavy (non-hydrogen) atoms. The number of imide groups is 1. The van der Waals surface area contributed by atoms with Crippen molar-refractivity contribution in [2.24, 2.45) is 0 Å². The zero-order chi connectivity index (χ0) is 18.1. The second-order valence-electron chi connectivity index (χ2n) is 6.44. The number of rotatable bonds is 4. The van der Waals surface area contributed by atoms with Crippen LogP contribution in [0.25, 0.3) is 0 Å². The Morgan fingerprint density at radius 1 is 1.04 bits per heavy atom. The summed E-state index contributed by atoms with van der Waals surface area (Å²) in [6.07, 6.45) is 0.150. The highest BCUT2D eigenvalue weighted by molar-refractivity contribution is 6.23. The highest BCUT2D eigenvalue weighted by atomic mass is 16.5. The van der Waals surface area contributed by atoms with E-state index in [1.807, 2.05) is 57.2 Å². The molecule has 0 aliphatic carbocycles. The van der Waals surface area contributed by atoms with Crippen LogP contribution < -0.4 is 15.0 Å². The number of anilines is 2. The van der Waals surface area contributed by atoms with E-state index in [-0.39, 0.29) is 18.2 Å². The maximum Gasteiger partial charge on any atom is 0.256 e. The highest BCUT2D eigenvalue weighted by Crippen LogP contribution is 2.31. The number of nitrogens with one attached hydrogen (secondary N) is 1. The topological polar surface area (TPSA) is 58.6 Å². The van der Waals surface area contributed by atoms with Crippen molar-refractivity contribution in [1.29, 1.82) is 0 Å². The third kappa shape index (κ3) is 3.22. The van der Waals surface area contributed by atoms with Crippen molar-refractivity contribution in [1.82, 2.24) is 0 Å². The fraction of sp³-hybridized carbons (Fsp3) is 0.300. The van der Waals surface area contributed by atoms with Crippen LogP contribution in [0.4, 0.5) is 11.4 Å². The molecule has 3 rings (SSSR count). The first-order valence-corrected chi connectivity index (χ1v) is 8.26. The summed E-state index contributed by atoms with van der Waals surface area (Å²) in [4.78, 5) is 26.7. The summed E-state index contributed by atoms with van der Waals surface area (Å²) in [5.41, 5.74) is 4.48. The molecular formula is C20H22N2O3. The van der Waals surface area contributed by atoms with Gasteiger partial charge in [0.15, 0.2) is 0 Å². The smallest absolute Gasteiger partial charge is 0.256 e. The van der Waals surface area contributed by atoms with Crippen molar-refractivity contribution in [2.45, 2.75) is 33.2 Å². The lowest BCUT2D eigenvalue weighted by atomic mass is 10.0. The summed E-state index contributed by atoms with van der Waals surface area (Å²) in [5.74, 6) is 0.355. The third-order valence-electron chi connectivity index (χ3n) is 4.44. The number of amides is 2. The van der Waals surface area contributed by atoms with E-state index in [0.717, 1.165) is 28.1 Å². The molecule has 2 amide bonds. The van der Waals surface area contributed by atoms with Gasteiger partial charge in [0.05, 0.1) is 19.2 Å². The number of nitrogens with zero attached hydrogens (tertiary/aromatic N) is 1. The first-order valence-electron chi connectivity index (χ1n) is 8.26. The molecule has 5 nitrogen and oxygen atoms in total. The minimum absolute atomic E-state index is 0.150. The Morgan fingerprint density at radius 3 is 2.20 bits per heavy atom. The zero-order valence-electron chi connectivity index (χ0n) is 14.9. The van der Waals surface area contributed by atoms with Gasteiger partial charge in [-0.05, 0) is 56.2 Å². The summed E-state index contributed by atoms with van der Waals surface area (Å²) >= 11 is 0. The number of carbonyl (C=O) groups is 2. The van der Waals surface area contributed by atoms with Crippen molar-refractivity contribution in [3.05, 3.63) is 53.1 Å². The first-order chi connectivity index (χ1) is 11.9. The van der Waals surface area contributed by atoms with Crippen LogP contribution >= 0.6 is 0 Å². The van der Waals surface area contributed by atoms with E-state index in [2.05, 4.69) is 5.32 Å². The van der Waals surface area contributed by atoms with Gasteiger partial charge < -0.3 is 10.1 Å². The molecule has 0 radical (unpaired) electrons. The van der Waals surface area contributed by atoms with Gasteiger partial charge in [0.25, 0.3) is 5.91 Å². The van der Waals surface area contributed by atoms with Gasteiger partial charge in [0, 0.05) is 5.69 Å². The summed E-state index contributed by atoms with van der Waals surface area (Å²) in [7, 11) is 1.60. The SMILES string of the molecule is COc1ccc(NC2CC(=O)N(c3c(C)cc(C)cc3C)C2=O)cc1. The van der Waals surface area contributed by atoms with E-state index in [0.29, 0.717) is 5.69 Å². The molecule has 2 aromatic rings. The largest absolute Gasteiger partial charge is 0.497 e. The monoisotopic (exact) mass is 338 g/mol. The van der Waals surface area contributed by atoms with Crippen LogP contribution in [-0.4, -0.2) is 25.0 Å². The van der Waals surface area contributed by atoms with Crippen LogP contribution in [0.3, 0.4) is 0 Å². The van der Waals surface area contributed by atoms with E-state index < -0.39 is 6.04 Å². The van der Waals surface area contributed by atoms with E-state index in [1.165, 1.54) is 4.90 Å². The molecule has 0 saturated carbocycles. The van der Waals surface area contributed by atoms with E-state index >= 15 is 0 Å². The zero-order valence-corrected chi connectivity index (χ0v) is 14.9. The molecular weight excluding hydrogens is 316 g/mol. The molecule has 0 aromatic heterocycles. The Morgan fingerprint density at radius 2 is 1.64 bits per heavy atom. The first kappa shape index (κ1) is 17.0. The van der Waals surface area contributed by atoms with Gasteiger partial charge in [0.2, 0.25) is 5.91 Å². The molecule has 130 valence electrons. The third-order valence-corrected chi connectivity index (χ3v) is 4.44. The van der Waals surface area contributed by atoms with Crippen LogP contribution in [0, 0.1) is 20.8 Å². The minimum atomic E-state index is -0.555. The molecule has 1 aliphatic heterocycles. The van der Waals surface area contributed by atoms with Crippen molar-refractivity contribution >= 4 is 23.2 Å². The number of methoxy groups -OCH3 is 1. The standard InChI is InChI=1S/C20H22N2O3/c1-12-9-13(2)19(14(3)10-12)22-18(23)11-17(20(22)24)21-15-5-7-16(25-4)8-6-15/h5-10,17,21H,11H2,1-4H3. The summed E-state index contributed by atoms with van der Waals surface area (Å²) in [6.45, 7) is 5.87. The molecule has 1 N–H and O–H groups in total. The Hall–Kier alpha value is -2.82. The molecule has 2 aromatic carbocycles. The van der Waals surface area contributed by atoms with Crippen molar-refractivity contribution in [3.8, 4) is 5.75 Å². The average molecular weight is 338 g/mol. The van der Waals surface area contributed by atoms with Crippen molar-refractivity contribution in [3.63, 3.8) is 0 Å². The Kier molecular flexibility index (Phi) is 4.49. The molecule has 1 aliphatic rings. The summed E-state index contributed by atoms with van der Waals surface area (Å²) in [6, 6.07) is 10.7. The van der Waals surface area contributed by atoms with Gasteiger partial charge in [0.1, 0.15) is 11.8 Å². The van der Waals surface area contributed by atoms with Gasteiger partial charge in [-0.25, -0.2) is 4.90 Å². The Bertz CT molecular complexity index is 804. The molecule has 5 heteroatoms. The van der Waals surface area contributed by atoms with Gasteiger partial charge >= 0.3 is 0 Å². The average Bonchev–Trinajstić information content (AvgIpc) is 2.82. The Balaban J connectivity index is 1.85. The molecule has 1 unspecified atom stereocenters. The van der Waals surface area contributed by atoms with Crippen LogP contribution in [0.1, 0.15) is 23.1 Å². The predicted octanol–water partition coefficient (Wildman–Crippen LogP) is 3.36. The maximum absolute atomic E-state index is 12.9. The van der Waals surface area contributed by atoms with Gasteiger partial charge in [-0.1, -0.05) is 17.7 Å². The van der Waals surface area contributed by atoms with Crippen LogP contribution in [0.2, 0.25) is 0 Å². The normalized spacial score (nSPS) is 17.1. The van der Waals surface area contributed by atoms with Crippen LogP contribution in [-0.2, 0) is 9.59 Å². The van der Waals surface area contributed by atoms with E-state index in [1.54, 1.807) is 7.11 Å². The summed E-state index contributed by atoms with van der Waals surface area (Å²) in [5, 5.41) is 3.15. The van der Waals surface area contributed by atoms with Crippen molar-refractivity contribution < 1.29 is 14.3 Å². The van der Waals surface area contributed by atoms with Gasteiger partial charge in [-0.3, -0.25) is 9.59 Å². The second kappa shape index (κ2) is 6.59. The summed E-state index contributed by atoms with van der Waals surface area (Å²) < 4.78 is 5.13. The van der Waals surface area contributed by atoms with Crippen LogP contribution in [0.15, 0.2) is 36.4 Å². The fourth-order valence-electron chi connectivity index (χ4n) is 3.39. The maximum atomic E-state index is 12.9. The predicted molar refractivity (Wildman–Crippen MR) is 98.2 cm³/mol. The minimum Gasteiger partial charge on any atom is -0.497 e. The quantitative estimate of drug-likeness (QED) is 0.869. The number of hydrogen-bond donors (Lipinski definition) is 1. The van der Waals surface area contributed by atoms with Crippen LogP contribution in [0.5, 0.6) is 5.75 Å². The van der Waals surface area contributed by atoms with Gasteiger partial charge in [-0.2, -0.15) is 0 Å². The second-order valence-corrected chi connectivity index (χ2v) is 6.44. The lowest BCUT2D eigenvalue weighted by Gasteiger charge is -2.21. The van der Waals surface area contributed by atoms with E-state index in [4.69, 9.17) is 4.74 Å². The number of carbonyl (C=O) groups excluding carboxylic acids is 2. The molecule has 0 bridgehead atoms. The van der Waals surface area contributed by atoms with Gasteiger partial charge in [-0.15, -0.1) is 0 Å². The highest BCUT2D eigenvalue weighted by Gasteiger charge is 2.40.